The van der Waals surface area contributed by atoms with Gasteiger partial charge < -0.3 is 34.2 Å². The van der Waals surface area contributed by atoms with Crippen molar-refractivity contribution in [2.24, 2.45) is 0 Å². The van der Waals surface area contributed by atoms with Crippen LogP contribution in [0.2, 0.25) is 0 Å². The fourth-order valence-corrected chi connectivity index (χ4v) is 2.75. The van der Waals surface area contributed by atoms with Gasteiger partial charge in [-0.15, -0.1) is 0 Å². The summed E-state index contributed by atoms with van der Waals surface area (Å²) in [6, 6.07) is 7.08. The van der Waals surface area contributed by atoms with E-state index in [0.717, 1.165) is 0 Å². The van der Waals surface area contributed by atoms with Gasteiger partial charge in [-0.1, -0.05) is 0 Å². The van der Waals surface area contributed by atoms with Crippen molar-refractivity contribution in [2.75, 3.05) is 40.8 Å². The van der Waals surface area contributed by atoms with E-state index in [0.29, 0.717) is 18.0 Å². The summed E-state index contributed by atoms with van der Waals surface area (Å²) < 4.78 is 33.8. The monoisotopic (exact) mass is 327 g/mol. The molecule has 130 valence electrons. The second-order valence-corrected chi connectivity index (χ2v) is 5.29. The number of methoxy groups -OCH3 is 4. The molecule has 1 heterocycles. The number of hydrogen-bond donors (Lipinski definition) is 1. The van der Waals surface area contributed by atoms with Gasteiger partial charge in [0.2, 0.25) is 6.29 Å². The maximum absolute atomic E-state index is 5.99. The highest BCUT2D eigenvalue weighted by Crippen LogP contribution is 2.29. The zero-order valence-corrected chi connectivity index (χ0v) is 13.9. The summed E-state index contributed by atoms with van der Waals surface area (Å²) in [5.41, 5.74) is 6.35. The molecule has 7 nitrogen and oxygen atoms in total. The first-order valence-corrected chi connectivity index (χ1v) is 7.39. The van der Waals surface area contributed by atoms with Crippen molar-refractivity contribution < 1.29 is 28.4 Å². The molecule has 0 radical (unpaired) electrons. The first kappa shape index (κ1) is 18.0. The summed E-state index contributed by atoms with van der Waals surface area (Å²) in [4.78, 5) is 0. The van der Waals surface area contributed by atoms with Crippen LogP contribution >= 0.6 is 0 Å². The largest absolute Gasteiger partial charge is 0.462 e. The van der Waals surface area contributed by atoms with Gasteiger partial charge in [-0.3, -0.25) is 0 Å². The molecule has 0 aromatic heterocycles. The molecular weight excluding hydrogens is 302 g/mol. The maximum Gasteiger partial charge on any atom is 0.229 e. The van der Waals surface area contributed by atoms with Crippen LogP contribution in [-0.4, -0.2) is 65.8 Å². The summed E-state index contributed by atoms with van der Waals surface area (Å²) in [6.45, 7) is 0.358. The molecule has 23 heavy (non-hydrogen) atoms. The van der Waals surface area contributed by atoms with Crippen LogP contribution in [0.4, 0.5) is 5.69 Å². The van der Waals surface area contributed by atoms with Crippen molar-refractivity contribution in [1.82, 2.24) is 0 Å². The second kappa shape index (κ2) is 8.47. The number of rotatable bonds is 7. The lowest BCUT2D eigenvalue weighted by atomic mass is 9.98. The molecule has 5 atom stereocenters. The molecule has 1 aliphatic rings. The van der Waals surface area contributed by atoms with Gasteiger partial charge in [0.25, 0.3) is 0 Å². The lowest BCUT2D eigenvalue weighted by Crippen LogP contribution is -2.62. The Bertz CT molecular complexity index is 468. The zero-order chi connectivity index (χ0) is 16.8. The normalized spacial score (nSPS) is 31.0. The molecule has 1 aromatic carbocycles. The van der Waals surface area contributed by atoms with E-state index < -0.39 is 12.4 Å². The number of hydrogen-bond acceptors (Lipinski definition) is 7. The number of ether oxygens (including phenoxy) is 6. The first-order valence-electron chi connectivity index (χ1n) is 7.39. The number of benzene rings is 1. The van der Waals surface area contributed by atoms with Crippen molar-refractivity contribution in [3.05, 3.63) is 24.3 Å². The van der Waals surface area contributed by atoms with Gasteiger partial charge in [0.1, 0.15) is 30.2 Å². The molecule has 0 saturated carbocycles. The summed E-state index contributed by atoms with van der Waals surface area (Å²) in [5.74, 6) is 0.633. The third-order valence-corrected chi connectivity index (χ3v) is 3.87. The molecule has 0 unspecified atom stereocenters. The summed E-state index contributed by atoms with van der Waals surface area (Å²) in [7, 11) is 6.41. The smallest absolute Gasteiger partial charge is 0.229 e. The third kappa shape index (κ3) is 4.13. The predicted octanol–water partition coefficient (Wildman–Crippen LogP) is 1.06. The molecule has 0 spiro atoms. The van der Waals surface area contributed by atoms with Gasteiger partial charge >= 0.3 is 0 Å². The highest BCUT2D eigenvalue weighted by atomic mass is 16.7. The average Bonchev–Trinajstić information content (AvgIpc) is 2.56. The molecule has 0 bridgehead atoms. The summed E-state index contributed by atoms with van der Waals surface area (Å²) in [6.07, 6.45) is -2.11. The maximum atomic E-state index is 5.99. The molecule has 7 heteroatoms. The standard InChI is InChI=1S/C16H25NO6/c1-18-9-12-13(19-2)14(20-3)15(21-4)16(23-12)22-11-7-5-10(17)6-8-11/h5-8,12-16H,9,17H2,1-4H3/t12-,13+,14+,15-,16+/m1/s1. The van der Waals surface area contributed by atoms with Crippen LogP contribution in [0.3, 0.4) is 0 Å². The molecule has 1 aliphatic heterocycles. The Balaban J connectivity index is 2.19. The highest BCUT2D eigenvalue weighted by molar-refractivity contribution is 5.41. The van der Waals surface area contributed by atoms with E-state index in [-0.39, 0.29) is 18.3 Å². The van der Waals surface area contributed by atoms with Crippen LogP contribution in [0, 0.1) is 0 Å². The van der Waals surface area contributed by atoms with E-state index in [4.69, 9.17) is 34.2 Å². The van der Waals surface area contributed by atoms with Crippen molar-refractivity contribution in [3.63, 3.8) is 0 Å². The van der Waals surface area contributed by atoms with Crippen LogP contribution < -0.4 is 10.5 Å². The molecule has 1 fully saturated rings. The van der Waals surface area contributed by atoms with Crippen molar-refractivity contribution >= 4 is 5.69 Å². The molecular formula is C16H25NO6. The summed E-state index contributed by atoms with van der Waals surface area (Å²) >= 11 is 0. The zero-order valence-electron chi connectivity index (χ0n) is 13.9. The van der Waals surface area contributed by atoms with E-state index in [1.165, 1.54) is 0 Å². The first-order chi connectivity index (χ1) is 11.1. The predicted molar refractivity (Wildman–Crippen MR) is 84.4 cm³/mol. The average molecular weight is 327 g/mol. The van der Waals surface area contributed by atoms with Crippen LogP contribution in [-0.2, 0) is 23.7 Å². The van der Waals surface area contributed by atoms with Crippen molar-refractivity contribution in [1.29, 1.82) is 0 Å². The SMILES string of the molecule is COC[C@H]1O[C@H](Oc2ccc(N)cc2)[C@H](OC)[C@@H](OC)[C@H]1OC. The molecule has 1 saturated heterocycles. The Morgan fingerprint density at radius 1 is 0.913 bits per heavy atom. The Morgan fingerprint density at radius 3 is 2.04 bits per heavy atom. The Morgan fingerprint density at radius 2 is 1.52 bits per heavy atom. The van der Waals surface area contributed by atoms with E-state index in [2.05, 4.69) is 0 Å². The van der Waals surface area contributed by atoms with E-state index in [9.17, 15) is 0 Å². The number of nitrogen functional groups attached to an aromatic ring is 1. The Labute approximate surface area is 136 Å². The Kier molecular flexibility index (Phi) is 6.61. The quantitative estimate of drug-likeness (QED) is 0.750. The van der Waals surface area contributed by atoms with Crippen LogP contribution in [0.25, 0.3) is 0 Å². The summed E-state index contributed by atoms with van der Waals surface area (Å²) in [5, 5.41) is 0. The van der Waals surface area contributed by atoms with E-state index in [1.807, 2.05) is 0 Å². The van der Waals surface area contributed by atoms with Crippen LogP contribution in [0.1, 0.15) is 0 Å². The van der Waals surface area contributed by atoms with Gasteiger partial charge in [-0.2, -0.15) is 0 Å². The van der Waals surface area contributed by atoms with Gasteiger partial charge in [0.15, 0.2) is 0 Å². The number of nitrogens with two attached hydrogens (primary N) is 1. The minimum atomic E-state index is -0.653. The van der Waals surface area contributed by atoms with E-state index in [1.54, 1.807) is 52.7 Å². The lowest BCUT2D eigenvalue weighted by Gasteiger charge is -2.44. The molecule has 0 aliphatic carbocycles. The van der Waals surface area contributed by atoms with Crippen molar-refractivity contribution in [3.8, 4) is 5.75 Å². The van der Waals surface area contributed by atoms with E-state index >= 15 is 0 Å². The third-order valence-electron chi connectivity index (χ3n) is 3.87. The molecule has 2 N–H and O–H groups in total. The minimum absolute atomic E-state index is 0.323. The second-order valence-electron chi connectivity index (χ2n) is 5.29. The van der Waals surface area contributed by atoms with Gasteiger partial charge in [0.05, 0.1) is 6.61 Å². The fraction of sp³-hybridized carbons (Fsp3) is 0.625. The lowest BCUT2D eigenvalue weighted by molar-refractivity contribution is -0.292. The topological polar surface area (TPSA) is 81.4 Å². The molecule has 2 rings (SSSR count). The van der Waals surface area contributed by atoms with Gasteiger partial charge in [0, 0.05) is 34.1 Å². The molecule has 0 amide bonds. The minimum Gasteiger partial charge on any atom is -0.462 e. The van der Waals surface area contributed by atoms with Crippen LogP contribution in [0.5, 0.6) is 5.75 Å². The van der Waals surface area contributed by atoms with Crippen LogP contribution in [0.15, 0.2) is 24.3 Å². The highest BCUT2D eigenvalue weighted by Gasteiger charge is 2.48. The fourth-order valence-electron chi connectivity index (χ4n) is 2.75. The molecule has 1 aromatic rings. The van der Waals surface area contributed by atoms with Gasteiger partial charge in [-0.25, -0.2) is 0 Å². The number of anilines is 1. The van der Waals surface area contributed by atoms with Crippen molar-refractivity contribution in [2.45, 2.75) is 30.7 Å². The Hall–Kier alpha value is -1.38. The van der Waals surface area contributed by atoms with Gasteiger partial charge in [-0.05, 0) is 24.3 Å².